The lowest BCUT2D eigenvalue weighted by Crippen LogP contribution is -2.25. The molecule has 0 aliphatic heterocycles. The molecule has 5 nitrogen and oxygen atoms in total. The molecule has 1 amide bonds. The Labute approximate surface area is 153 Å². The predicted octanol–water partition coefficient (Wildman–Crippen LogP) is 3.89. The Morgan fingerprint density at radius 3 is 2.52 bits per heavy atom. The highest BCUT2D eigenvalue weighted by Crippen LogP contribution is 2.23. The van der Waals surface area contributed by atoms with Crippen LogP contribution in [-0.4, -0.2) is 17.2 Å². The van der Waals surface area contributed by atoms with Crippen molar-refractivity contribution in [2.45, 2.75) is 6.10 Å². The SMILES string of the molecule is O=C(N/N=C\c1ccc(-c2ccc(Br)cc2)o1)[C@H](O)c1ccccc1. The first-order chi connectivity index (χ1) is 12.1. The Morgan fingerprint density at radius 2 is 1.80 bits per heavy atom. The molecule has 25 heavy (non-hydrogen) atoms. The van der Waals surface area contributed by atoms with Crippen molar-refractivity contribution in [3.05, 3.63) is 82.5 Å². The summed E-state index contributed by atoms with van der Waals surface area (Å²) in [6.45, 7) is 0. The number of carbonyl (C=O) groups is 1. The van der Waals surface area contributed by atoms with E-state index in [9.17, 15) is 9.90 Å². The quantitative estimate of drug-likeness (QED) is 0.505. The van der Waals surface area contributed by atoms with Crippen LogP contribution >= 0.6 is 15.9 Å². The smallest absolute Gasteiger partial charge is 0.273 e. The number of halogens is 1. The highest BCUT2D eigenvalue weighted by Gasteiger charge is 2.16. The molecule has 1 heterocycles. The number of nitrogens with zero attached hydrogens (tertiary/aromatic N) is 1. The molecule has 2 N–H and O–H groups in total. The van der Waals surface area contributed by atoms with Gasteiger partial charge in [-0.25, -0.2) is 5.43 Å². The molecule has 0 fully saturated rings. The van der Waals surface area contributed by atoms with Crippen LogP contribution in [0.15, 0.2) is 80.7 Å². The highest BCUT2D eigenvalue weighted by atomic mass is 79.9. The van der Waals surface area contributed by atoms with Gasteiger partial charge in [-0.2, -0.15) is 5.10 Å². The molecule has 3 aromatic rings. The number of rotatable bonds is 5. The third kappa shape index (κ3) is 4.43. The number of furan rings is 1. The summed E-state index contributed by atoms with van der Waals surface area (Å²) < 4.78 is 6.65. The van der Waals surface area contributed by atoms with Crippen LogP contribution in [0.3, 0.4) is 0 Å². The molecule has 6 heteroatoms. The van der Waals surface area contributed by atoms with Gasteiger partial charge in [0.2, 0.25) is 0 Å². The maximum absolute atomic E-state index is 11.9. The molecule has 0 aliphatic carbocycles. The standard InChI is InChI=1S/C19H15BrN2O3/c20-15-8-6-13(7-9-15)17-11-10-16(25-17)12-21-22-19(24)18(23)14-4-2-1-3-5-14/h1-12,18,23H,(H,22,24)/b21-12-/t18-/m1/s1. The van der Waals surface area contributed by atoms with E-state index in [1.165, 1.54) is 6.21 Å². The first-order valence-corrected chi connectivity index (χ1v) is 8.34. The zero-order valence-electron chi connectivity index (χ0n) is 13.1. The van der Waals surface area contributed by atoms with Crippen molar-refractivity contribution in [3.8, 4) is 11.3 Å². The fraction of sp³-hybridized carbons (Fsp3) is 0.0526. The summed E-state index contributed by atoms with van der Waals surface area (Å²) in [6.07, 6.45) is 0.117. The third-order valence-electron chi connectivity index (χ3n) is 3.49. The van der Waals surface area contributed by atoms with Gasteiger partial charge in [0.25, 0.3) is 5.91 Å². The lowest BCUT2D eigenvalue weighted by Gasteiger charge is -2.08. The lowest BCUT2D eigenvalue weighted by molar-refractivity contribution is -0.129. The zero-order valence-corrected chi connectivity index (χ0v) is 14.7. The third-order valence-corrected chi connectivity index (χ3v) is 4.01. The van der Waals surface area contributed by atoms with E-state index in [1.807, 2.05) is 36.4 Å². The summed E-state index contributed by atoms with van der Waals surface area (Å²) in [6, 6.07) is 20.0. The van der Waals surface area contributed by atoms with Crippen LogP contribution in [0.4, 0.5) is 0 Å². The molecule has 2 aromatic carbocycles. The van der Waals surface area contributed by atoms with Gasteiger partial charge in [0, 0.05) is 10.0 Å². The number of hydrogen-bond donors (Lipinski definition) is 2. The Hall–Kier alpha value is -2.70. The van der Waals surface area contributed by atoms with E-state index in [2.05, 4.69) is 26.5 Å². The minimum atomic E-state index is -1.27. The maximum atomic E-state index is 11.9. The van der Waals surface area contributed by atoms with Crippen molar-refractivity contribution in [1.29, 1.82) is 0 Å². The molecule has 0 aliphatic rings. The van der Waals surface area contributed by atoms with Gasteiger partial charge in [-0.05, 0) is 29.8 Å². The predicted molar refractivity (Wildman–Crippen MR) is 99.0 cm³/mol. The second-order valence-corrected chi connectivity index (χ2v) is 6.17. The molecular formula is C19H15BrN2O3. The van der Waals surface area contributed by atoms with Gasteiger partial charge in [-0.15, -0.1) is 0 Å². The topological polar surface area (TPSA) is 74.8 Å². The van der Waals surface area contributed by atoms with E-state index in [1.54, 1.807) is 30.3 Å². The molecule has 126 valence electrons. The Balaban J connectivity index is 1.61. The minimum absolute atomic E-state index is 0.493. The molecule has 1 atom stereocenters. The van der Waals surface area contributed by atoms with E-state index in [4.69, 9.17) is 4.42 Å². The van der Waals surface area contributed by atoms with E-state index in [-0.39, 0.29) is 0 Å². The van der Waals surface area contributed by atoms with E-state index < -0.39 is 12.0 Å². The summed E-state index contributed by atoms with van der Waals surface area (Å²) in [5, 5.41) is 13.8. The number of hydrazone groups is 1. The average molecular weight is 399 g/mol. The number of amides is 1. The van der Waals surface area contributed by atoms with Crippen molar-refractivity contribution in [3.63, 3.8) is 0 Å². The molecule has 0 spiro atoms. The van der Waals surface area contributed by atoms with Crippen LogP contribution in [0.25, 0.3) is 11.3 Å². The normalized spacial score (nSPS) is 12.2. The zero-order chi connectivity index (χ0) is 17.6. The second kappa shape index (κ2) is 7.92. The second-order valence-electron chi connectivity index (χ2n) is 5.26. The summed E-state index contributed by atoms with van der Waals surface area (Å²) in [5.41, 5.74) is 3.74. The molecule has 0 bridgehead atoms. The Kier molecular flexibility index (Phi) is 5.42. The number of benzene rings is 2. The molecule has 3 rings (SSSR count). The number of aliphatic hydroxyl groups excluding tert-OH is 1. The fourth-order valence-electron chi connectivity index (χ4n) is 2.20. The van der Waals surface area contributed by atoms with Gasteiger partial charge in [-0.3, -0.25) is 4.79 Å². The largest absolute Gasteiger partial charge is 0.455 e. The highest BCUT2D eigenvalue weighted by molar-refractivity contribution is 9.10. The fourth-order valence-corrected chi connectivity index (χ4v) is 2.46. The number of carbonyl (C=O) groups excluding carboxylic acids is 1. The maximum Gasteiger partial charge on any atom is 0.273 e. The molecule has 0 unspecified atom stereocenters. The van der Waals surface area contributed by atoms with Crippen molar-refractivity contribution >= 4 is 28.1 Å². The van der Waals surface area contributed by atoms with Crippen LogP contribution in [0.2, 0.25) is 0 Å². The van der Waals surface area contributed by atoms with Gasteiger partial charge < -0.3 is 9.52 Å². The molecule has 0 radical (unpaired) electrons. The first-order valence-electron chi connectivity index (χ1n) is 7.55. The summed E-state index contributed by atoms with van der Waals surface area (Å²) in [5.74, 6) is 0.583. The Morgan fingerprint density at radius 1 is 1.08 bits per heavy atom. The van der Waals surface area contributed by atoms with Gasteiger partial charge in [0.05, 0.1) is 6.21 Å². The molecule has 0 saturated carbocycles. The van der Waals surface area contributed by atoms with Crippen LogP contribution in [0, 0.1) is 0 Å². The van der Waals surface area contributed by atoms with Crippen LogP contribution < -0.4 is 5.43 Å². The van der Waals surface area contributed by atoms with E-state index >= 15 is 0 Å². The van der Waals surface area contributed by atoms with E-state index in [0.29, 0.717) is 17.1 Å². The van der Waals surface area contributed by atoms with Crippen molar-refractivity contribution in [2.24, 2.45) is 5.10 Å². The number of aliphatic hydroxyl groups is 1. The first kappa shape index (κ1) is 17.1. The van der Waals surface area contributed by atoms with Crippen molar-refractivity contribution in [1.82, 2.24) is 5.43 Å². The summed E-state index contributed by atoms with van der Waals surface area (Å²) in [7, 11) is 0. The minimum Gasteiger partial charge on any atom is -0.455 e. The Bertz CT molecular complexity index is 873. The number of hydrogen-bond acceptors (Lipinski definition) is 4. The van der Waals surface area contributed by atoms with Gasteiger partial charge in [-0.1, -0.05) is 58.4 Å². The van der Waals surface area contributed by atoms with Gasteiger partial charge in [0.1, 0.15) is 11.5 Å². The molecule has 0 saturated heterocycles. The number of nitrogens with one attached hydrogen (secondary N) is 1. The van der Waals surface area contributed by atoms with Gasteiger partial charge in [0.15, 0.2) is 6.10 Å². The summed E-state index contributed by atoms with van der Waals surface area (Å²) >= 11 is 3.39. The van der Waals surface area contributed by atoms with Crippen molar-refractivity contribution < 1.29 is 14.3 Å². The summed E-state index contributed by atoms with van der Waals surface area (Å²) in [4.78, 5) is 11.9. The van der Waals surface area contributed by atoms with E-state index in [0.717, 1.165) is 10.0 Å². The molecular weight excluding hydrogens is 384 g/mol. The van der Waals surface area contributed by atoms with Gasteiger partial charge >= 0.3 is 0 Å². The van der Waals surface area contributed by atoms with Crippen LogP contribution in [0.5, 0.6) is 0 Å². The molecule has 1 aromatic heterocycles. The average Bonchev–Trinajstić information content (AvgIpc) is 3.11. The van der Waals surface area contributed by atoms with Crippen LogP contribution in [0.1, 0.15) is 17.4 Å². The lowest BCUT2D eigenvalue weighted by atomic mass is 10.1. The van der Waals surface area contributed by atoms with Crippen LogP contribution in [-0.2, 0) is 4.79 Å². The van der Waals surface area contributed by atoms with Crippen molar-refractivity contribution in [2.75, 3.05) is 0 Å². The monoisotopic (exact) mass is 398 g/mol.